The number of carboxylic acids is 1. The van der Waals surface area contributed by atoms with E-state index in [1.54, 1.807) is 25.1 Å². The van der Waals surface area contributed by atoms with Gasteiger partial charge >= 0.3 is 5.97 Å². The molecule has 1 unspecified atom stereocenters. The van der Waals surface area contributed by atoms with Gasteiger partial charge in [-0.3, -0.25) is 0 Å². The largest absolute Gasteiger partial charge is 0.497 e. The molecule has 1 N–H and O–H groups in total. The third-order valence-corrected chi connectivity index (χ3v) is 2.35. The summed E-state index contributed by atoms with van der Waals surface area (Å²) < 4.78 is 10.2. The van der Waals surface area contributed by atoms with E-state index in [4.69, 9.17) is 26.2 Å². The smallest absolute Gasteiger partial charge is 0.344 e. The molecule has 0 fully saturated rings. The summed E-state index contributed by atoms with van der Waals surface area (Å²) in [5.41, 5.74) is 0. The Morgan fingerprint density at radius 1 is 1.56 bits per heavy atom. The molecule has 0 aliphatic carbocycles. The molecule has 0 aliphatic rings. The number of ether oxygens (including phenoxy) is 2. The molecule has 1 rings (SSSR count). The Hall–Kier alpha value is -1.42. The first-order valence-electron chi connectivity index (χ1n) is 4.81. The Balaban J connectivity index is 2.84. The number of hydrogen-bond donors (Lipinski definition) is 1. The van der Waals surface area contributed by atoms with E-state index in [-0.39, 0.29) is 0 Å². The quantitative estimate of drug-likeness (QED) is 0.865. The lowest BCUT2D eigenvalue weighted by atomic mass is 10.2. The van der Waals surface area contributed by atoms with Gasteiger partial charge in [0.05, 0.1) is 12.1 Å². The molecule has 0 heterocycles. The van der Waals surface area contributed by atoms with E-state index < -0.39 is 12.1 Å². The van der Waals surface area contributed by atoms with Crippen molar-refractivity contribution in [2.45, 2.75) is 19.4 Å². The normalized spacial score (nSPS) is 11.9. The summed E-state index contributed by atoms with van der Waals surface area (Å²) in [7, 11) is 1.53. The van der Waals surface area contributed by atoms with E-state index in [1.165, 1.54) is 7.11 Å². The molecule has 1 atom stereocenters. The van der Waals surface area contributed by atoms with Gasteiger partial charge in [-0.05, 0) is 18.6 Å². The number of methoxy groups -OCH3 is 1. The molecule has 0 bridgehead atoms. The van der Waals surface area contributed by atoms with Crippen molar-refractivity contribution >= 4 is 17.6 Å². The summed E-state index contributed by atoms with van der Waals surface area (Å²) in [5, 5.41) is 9.17. The van der Waals surface area contributed by atoms with Gasteiger partial charge in [-0.15, -0.1) is 0 Å². The fraction of sp³-hybridized carbons (Fsp3) is 0.364. The van der Waals surface area contributed by atoms with Crippen LogP contribution in [0.5, 0.6) is 11.5 Å². The van der Waals surface area contributed by atoms with Crippen molar-refractivity contribution in [3.05, 3.63) is 23.2 Å². The minimum absolute atomic E-state index is 0.332. The molecular formula is C11H13ClO4. The van der Waals surface area contributed by atoms with Crippen LogP contribution in [-0.4, -0.2) is 24.3 Å². The first-order chi connectivity index (χ1) is 7.58. The Kier molecular flexibility index (Phi) is 4.43. The van der Waals surface area contributed by atoms with Crippen LogP contribution in [0.15, 0.2) is 18.2 Å². The average Bonchev–Trinajstić information content (AvgIpc) is 2.26. The van der Waals surface area contributed by atoms with Gasteiger partial charge in [-0.1, -0.05) is 18.5 Å². The van der Waals surface area contributed by atoms with Crippen LogP contribution in [0.4, 0.5) is 0 Å². The van der Waals surface area contributed by atoms with Crippen molar-refractivity contribution in [2.24, 2.45) is 0 Å². The molecular weight excluding hydrogens is 232 g/mol. The van der Waals surface area contributed by atoms with Crippen LogP contribution in [0.2, 0.25) is 5.02 Å². The van der Waals surface area contributed by atoms with E-state index in [2.05, 4.69) is 0 Å². The molecule has 0 saturated carbocycles. The summed E-state index contributed by atoms with van der Waals surface area (Å²) >= 11 is 5.92. The predicted octanol–water partition coefficient (Wildman–Crippen LogP) is 2.59. The zero-order chi connectivity index (χ0) is 12.1. The molecule has 0 aliphatic heterocycles. The fourth-order valence-electron chi connectivity index (χ4n) is 1.17. The van der Waals surface area contributed by atoms with Crippen molar-refractivity contribution in [1.82, 2.24) is 0 Å². The second-order valence-electron chi connectivity index (χ2n) is 3.15. The van der Waals surface area contributed by atoms with Crippen LogP contribution < -0.4 is 9.47 Å². The number of carboxylic acid groups (broad SMARTS) is 1. The lowest BCUT2D eigenvalue weighted by Crippen LogP contribution is -2.26. The lowest BCUT2D eigenvalue weighted by Gasteiger charge is -2.14. The molecule has 1 aromatic rings. The highest BCUT2D eigenvalue weighted by molar-refractivity contribution is 6.32. The second-order valence-corrected chi connectivity index (χ2v) is 3.56. The lowest BCUT2D eigenvalue weighted by molar-refractivity contribution is -0.145. The van der Waals surface area contributed by atoms with Crippen molar-refractivity contribution in [3.8, 4) is 11.5 Å². The second kappa shape index (κ2) is 5.61. The van der Waals surface area contributed by atoms with Crippen LogP contribution in [0.1, 0.15) is 13.3 Å². The van der Waals surface area contributed by atoms with Gasteiger partial charge in [0, 0.05) is 6.07 Å². The number of rotatable bonds is 5. The Morgan fingerprint density at radius 3 is 2.69 bits per heavy atom. The number of benzene rings is 1. The van der Waals surface area contributed by atoms with E-state index >= 15 is 0 Å². The molecule has 1 aromatic carbocycles. The summed E-state index contributed by atoms with van der Waals surface area (Å²) in [5.74, 6) is -0.0631. The zero-order valence-electron chi connectivity index (χ0n) is 9.07. The molecule has 0 amide bonds. The van der Waals surface area contributed by atoms with Gasteiger partial charge in [0.1, 0.15) is 11.5 Å². The molecule has 5 heteroatoms. The predicted molar refractivity (Wildman–Crippen MR) is 60.3 cm³/mol. The first-order valence-corrected chi connectivity index (χ1v) is 5.19. The van der Waals surface area contributed by atoms with Crippen LogP contribution in [-0.2, 0) is 4.79 Å². The SMILES string of the molecule is CCC(Oc1ccc(OC)cc1Cl)C(=O)O. The number of hydrogen-bond acceptors (Lipinski definition) is 3. The van der Waals surface area contributed by atoms with Crippen LogP contribution in [0.3, 0.4) is 0 Å². The van der Waals surface area contributed by atoms with E-state index in [0.717, 1.165) is 0 Å². The molecule has 4 nitrogen and oxygen atoms in total. The highest BCUT2D eigenvalue weighted by Gasteiger charge is 2.18. The maximum Gasteiger partial charge on any atom is 0.344 e. The number of halogens is 1. The van der Waals surface area contributed by atoms with E-state index in [0.29, 0.717) is 22.9 Å². The van der Waals surface area contributed by atoms with Crippen LogP contribution in [0, 0.1) is 0 Å². The Morgan fingerprint density at radius 2 is 2.25 bits per heavy atom. The summed E-state index contributed by atoms with van der Waals surface area (Å²) in [4.78, 5) is 10.8. The van der Waals surface area contributed by atoms with Gasteiger partial charge < -0.3 is 14.6 Å². The van der Waals surface area contributed by atoms with Crippen molar-refractivity contribution in [2.75, 3.05) is 7.11 Å². The van der Waals surface area contributed by atoms with E-state index in [1.807, 2.05) is 0 Å². The molecule has 0 aromatic heterocycles. The van der Waals surface area contributed by atoms with Crippen molar-refractivity contribution in [3.63, 3.8) is 0 Å². The van der Waals surface area contributed by atoms with Crippen LogP contribution in [0.25, 0.3) is 0 Å². The molecule has 0 saturated heterocycles. The average molecular weight is 245 g/mol. The van der Waals surface area contributed by atoms with Crippen LogP contribution >= 0.6 is 11.6 Å². The third kappa shape index (κ3) is 3.03. The van der Waals surface area contributed by atoms with Crippen molar-refractivity contribution in [1.29, 1.82) is 0 Å². The van der Waals surface area contributed by atoms with Gasteiger partial charge in [0.15, 0.2) is 6.10 Å². The third-order valence-electron chi connectivity index (χ3n) is 2.05. The van der Waals surface area contributed by atoms with Gasteiger partial charge in [0.2, 0.25) is 0 Å². The van der Waals surface area contributed by atoms with Gasteiger partial charge in [0.25, 0.3) is 0 Å². The maximum absolute atomic E-state index is 10.8. The summed E-state index contributed by atoms with van der Waals surface area (Å²) in [6.45, 7) is 1.73. The summed E-state index contributed by atoms with van der Waals surface area (Å²) in [6, 6.07) is 4.83. The summed E-state index contributed by atoms with van der Waals surface area (Å²) in [6.07, 6.45) is -0.511. The monoisotopic (exact) mass is 244 g/mol. The highest BCUT2D eigenvalue weighted by Crippen LogP contribution is 2.29. The maximum atomic E-state index is 10.8. The Labute approximate surface area is 98.7 Å². The van der Waals surface area contributed by atoms with E-state index in [9.17, 15) is 4.79 Å². The number of carbonyl (C=O) groups is 1. The first kappa shape index (κ1) is 12.6. The Bertz CT molecular complexity index is 378. The topological polar surface area (TPSA) is 55.8 Å². The van der Waals surface area contributed by atoms with Gasteiger partial charge in [-0.2, -0.15) is 0 Å². The standard InChI is InChI=1S/C11H13ClO4/c1-3-9(11(13)14)16-10-5-4-7(15-2)6-8(10)12/h4-6,9H,3H2,1-2H3,(H,13,14). The zero-order valence-corrected chi connectivity index (χ0v) is 9.82. The number of aliphatic carboxylic acids is 1. The minimum Gasteiger partial charge on any atom is -0.497 e. The minimum atomic E-state index is -1.01. The molecule has 0 spiro atoms. The van der Waals surface area contributed by atoms with Crippen molar-refractivity contribution < 1.29 is 19.4 Å². The molecule has 0 radical (unpaired) electrons. The highest BCUT2D eigenvalue weighted by atomic mass is 35.5. The molecule has 88 valence electrons. The molecule has 16 heavy (non-hydrogen) atoms. The fourth-order valence-corrected chi connectivity index (χ4v) is 1.38. The van der Waals surface area contributed by atoms with Gasteiger partial charge in [-0.25, -0.2) is 4.79 Å².